The highest BCUT2D eigenvalue weighted by atomic mass is 16.5. The van der Waals surface area contributed by atoms with Crippen molar-refractivity contribution in [2.24, 2.45) is 0 Å². The second-order valence-electron chi connectivity index (χ2n) is 5.88. The summed E-state index contributed by atoms with van der Waals surface area (Å²) in [5.74, 6) is 0.770. The van der Waals surface area contributed by atoms with Crippen LogP contribution in [0.3, 0.4) is 0 Å². The van der Waals surface area contributed by atoms with E-state index in [1.807, 2.05) is 6.07 Å². The molecule has 0 saturated heterocycles. The summed E-state index contributed by atoms with van der Waals surface area (Å²) in [5.41, 5.74) is 7.62. The Bertz CT molecular complexity index is 866. The third kappa shape index (κ3) is 4.85. The number of hydrogen-bond donors (Lipinski definition) is 2. The van der Waals surface area contributed by atoms with Gasteiger partial charge in [0.05, 0.1) is 34.0 Å². The number of methoxy groups -OCH3 is 4. The van der Waals surface area contributed by atoms with Gasteiger partial charge in [0.15, 0.2) is 11.5 Å². The summed E-state index contributed by atoms with van der Waals surface area (Å²) in [6.07, 6.45) is 0.607. The van der Waals surface area contributed by atoms with Gasteiger partial charge in [0.2, 0.25) is 11.7 Å². The Morgan fingerprint density at radius 2 is 1.68 bits per heavy atom. The molecule has 0 heterocycles. The van der Waals surface area contributed by atoms with Gasteiger partial charge in [-0.1, -0.05) is 6.07 Å². The molecule has 150 valence electrons. The summed E-state index contributed by atoms with van der Waals surface area (Å²) < 4.78 is 20.7. The second kappa shape index (κ2) is 9.50. The van der Waals surface area contributed by atoms with E-state index < -0.39 is 5.97 Å². The highest BCUT2D eigenvalue weighted by molar-refractivity contribution is 5.95. The second-order valence-corrected chi connectivity index (χ2v) is 5.88. The van der Waals surface area contributed by atoms with E-state index >= 15 is 0 Å². The Balaban J connectivity index is 2.11. The van der Waals surface area contributed by atoms with Crippen LogP contribution in [-0.4, -0.2) is 40.3 Å². The van der Waals surface area contributed by atoms with Gasteiger partial charge >= 0.3 is 5.97 Å². The number of nitrogens with two attached hydrogens (primary N) is 1. The van der Waals surface area contributed by atoms with Crippen molar-refractivity contribution in [3.63, 3.8) is 0 Å². The summed E-state index contributed by atoms with van der Waals surface area (Å²) in [4.78, 5) is 24.0. The Morgan fingerprint density at radius 3 is 2.29 bits per heavy atom. The van der Waals surface area contributed by atoms with Crippen LogP contribution in [0.5, 0.6) is 17.2 Å². The average molecular weight is 388 g/mol. The van der Waals surface area contributed by atoms with Crippen molar-refractivity contribution in [1.82, 2.24) is 0 Å². The van der Waals surface area contributed by atoms with Crippen LogP contribution in [0.25, 0.3) is 0 Å². The van der Waals surface area contributed by atoms with Crippen molar-refractivity contribution >= 4 is 23.3 Å². The Kier molecular flexibility index (Phi) is 7.08. The normalized spacial score (nSPS) is 10.1. The molecule has 2 rings (SSSR count). The van der Waals surface area contributed by atoms with Crippen molar-refractivity contribution in [2.45, 2.75) is 12.8 Å². The lowest BCUT2D eigenvalue weighted by Crippen LogP contribution is -2.14. The molecule has 0 radical (unpaired) electrons. The van der Waals surface area contributed by atoms with Crippen molar-refractivity contribution in [2.75, 3.05) is 39.5 Å². The Hall–Kier alpha value is -3.42. The molecule has 0 bridgehead atoms. The number of ether oxygens (including phenoxy) is 4. The van der Waals surface area contributed by atoms with E-state index in [4.69, 9.17) is 19.9 Å². The van der Waals surface area contributed by atoms with Crippen LogP contribution in [-0.2, 0) is 16.0 Å². The van der Waals surface area contributed by atoms with Crippen LogP contribution in [0.1, 0.15) is 22.3 Å². The summed E-state index contributed by atoms with van der Waals surface area (Å²) in [6, 6.07) is 8.15. The number of hydrogen-bond acceptors (Lipinski definition) is 7. The zero-order chi connectivity index (χ0) is 20.7. The van der Waals surface area contributed by atoms with Crippen LogP contribution >= 0.6 is 0 Å². The highest BCUT2D eigenvalue weighted by Gasteiger charge is 2.17. The lowest BCUT2D eigenvalue weighted by Gasteiger charge is -2.15. The zero-order valence-electron chi connectivity index (χ0n) is 16.3. The fourth-order valence-corrected chi connectivity index (χ4v) is 2.79. The first kappa shape index (κ1) is 20.9. The summed E-state index contributed by atoms with van der Waals surface area (Å²) >= 11 is 0. The minimum Gasteiger partial charge on any atom is -0.493 e. The predicted octanol–water partition coefficient (Wildman–Crippen LogP) is 2.65. The number of carbonyl (C=O) groups is 2. The molecule has 0 atom stereocenters. The first-order valence-corrected chi connectivity index (χ1v) is 8.50. The number of esters is 1. The largest absolute Gasteiger partial charge is 0.493 e. The van der Waals surface area contributed by atoms with Crippen molar-refractivity contribution in [3.05, 3.63) is 41.5 Å². The quantitative estimate of drug-likeness (QED) is 0.528. The van der Waals surface area contributed by atoms with Gasteiger partial charge in [-0.3, -0.25) is 4.79 Å². The minimum atomic E-state index is -0.530. The standard InChI is InChI=1S/C20H24N2O6/c1-25-16-7-5-12(18(26-2)19(16)27-3)6-8-17(23)22-15-10-13(20(24)28-4)9-14(21)11-15/h5,7,9-11H,6,8,21H2,1-4H3,(H,22,23). The van der Waals surface area contributed by atoms with Gasteiger partial charge in [-0.15, -0.1) is 0 Å². The van der Waals surface area contributed by atoms with Gasteiger partial charge in [0, 0.05) is 17.8 Å². The Labute approximate surface area is 163 Å². The molecular formula is C20H24N2O6. The van der Waals surface area contributed by atoms with Gasteiger partial charge in [0.25, 0.3) is 0 Å². The average Bonchev–Trinajstić information content (AvgIpc) is 2.70. The van der Waals surface area contributed by atoms with Gasteiger partial charge in [0.1, 0.15) is 0 Å². The van der Waals surface area contributed by atoms with Gasteiger partial charge in [-0.25, -0.2) is 4.79 Å². The number of benzene rings is 2. The molecule has 2 aromatic rings. The minimum absolute atomic E-state index is 0.189. The molecule has 0 unspecified atom stereocenters. The smallest absolute Gasteiger partial charge is 0.337 e. The van der Waals surface area contributed by atoms with Gasteiger partial charge < -0.3 is 30.0 Å². The van der Waals surface area contributed by atoms with Crippen LogP contribution in [0.2, 0.25) is 0 Å². The molecule has 8 heteroatoms. The fourth-order valence-electron chi connectivity index (χ4n) is 2.79. The lowest BCUT2D eigenvalue weighted by molar-refractivity contribution is -0.116. The summed E-state index contributed by atoms with van der Waals surface area (Å²) in [7, 11) is 5.87. The topological polar surface area (TPSA) is 109 Å². The highest BCUT2D eigenvalue weighted by Crippen LogP contribution is 2.40. The van der Waals surface area contributed by atoms with Crippen LogP contribution in [0.4, 0.5) is 11.4 Å². The molecule has 0 saturated carbocycles. The van der Waals surface area contributed by atoms with Crippen LogP contribution in [0.15, 0.2) is 30.3 Å². The molecule has 3 N–H and O–H groups in total. The summed E-state index contributed by atoms with van der Waals surface area (Å²) in [5, 5.41) is 2.74. The first-order valence-electron chi connectivity index (χ1n) is 8.50. The van der Waals surface area contributed by atoms with E-state index in [1.54, 1.807) is 19.2 Å². The van der Waals surface area contributed by atoms with E-state index in [0.29, 0.717) is 35.0 Å². The number of nitrogens with one attached hydrogen (secondary N) is 1. The monoisotopic (exact) mass is 388 g/mol. The molecule has 0 aliphatic rings. The maximum Gasteiger partial charge on any atom is 0.337 e. The fraction of sp³-hybridized carbons (Fsp3) is 0.300. The Morgan fingerprint density at radius 1 is 0.964 bits per heavy atom. The maximum atomic E-state index is 12.4. The third-order valence-electron chi connectivity index (χ3n) is 4.07. The summed E-state index contributed by atoms with van der Waals surface area (Å²) in [6.45, 7) is 0. The SMILES string of the molecule is COC(=O)c1cc(N)cc(NC(=O)CCc2ccc(OC)c(OC)c2OC)c1. The number of nitrogen functional groups attached to an aromatic ring is 1. The van der Waals surface area contributed by atoms with Crippen molar-refractivity contribution in [3.8, 4) is 17.2 Å². The molecule has 1 amide bonds. The molecule has 2 aromatic carbocycles. The lowest BCUT2D eigenvalue weighted by atomic mass is 10.1. The van der Waals surface area contributed by atoms with E-state index in [2.05, 4.69) is 10.1 Å². The van der Waals surface area contributed by atoms with Crippen molar-refractivity contribution < 1.29 is 28.5 Å². The maximum absolute atomic E-state index is 12.4. The molecule has 0 fully saturated rings. The number of aryl methyl sites for hydroxylation is 1. The van der Waals surface area contributed by atoms with E-state index in [9.17, 15) is 9.59 Å². The number of anilines is 2. The first-order chi connectivity index (χ1) is 13.4. The van der Waals surface area contributed by atoms with Crippen LogP contribution < -0.4 is 25.3 Å². The number of amides is 1. The molecular weight excluding hydrogens is 364 g/mol. The molecule has 0 aromatic heterocycles. The number of rotatable bonds is 8. The van der Waals surface area contributed by atoms with Crippen LogP contribution in [0, 0.1) is 0 Å². The van der Waals surface area contributed by atoms with E-state index in [1.165, 1.54) is 33.5 Å². The molecule has 28 heavy (non-hydrogen) atoms. The molecule has 0 spiro atoms. The van der Waals surface area contributed by atoms with E-state index in [0.717, 1.165) is 5.56 Å². The van der Waals surface area contributed by atoms with E-state index in [-0.39, 0.29) is 17.9 Å². The van der Waals surface area contributed by atoms with Crippen molar-refractivity contribution in [1.29, 1.82) is 0 Å². The third-order valence-corrected chi connectivity index (χ3v) is 4.07. The molecule has 0 aliphatic carbocycles. The number of carbonyl (C=O) groups excluding carboxylic acids is 2. The van der Waals surface area contributed by atoms with Gasteiger partial charge in [-0.05, 0) is 36.2 Å². The molecule has 0 aliphatic heterocycles. The zero-order valence-corrected chi connectivity index (χ0v) is 16.3. The molecule has 8 nitrogen and oxygen atoms in total. The predicted molar refractivity (Wildman–Crippen MR) is 105 cm³/mol. The van der Waals surface area contributed by atoms with Gasteiger partial charge in [-0.2, -0.15) is 0 Å².